The molecule has 7 heteroatoms. The normalized spacial score (nSPS) is 10.2. The molecule has 0 fully saturated rings. The van der Waals surface area contributed by atoms with Crippen LogP contribution in [-0.2, 0) is 0 Å². The number of alkyl halides is 1. The van der Waals surface area contributed by atoms with Gasteiger partial charge in [0.05, 0.1) is 23.8 Å². The van der Waals surface area contributed by atoms with Gasteiger partial charge < -0.3 is 15.4 Å². The van der Waals surface area contributed by atoms with Crippen molar-refractivity contribution in [3.8, 4) is 5.75 Å². The second-order valence-corrected chi connectivity index (χ2v) is 5.99. The van der Waals surface area contributed by atoms with Crippen molar-refractivity contribution in [2.75, 3.05) is 37.9 Å². The lowest BCUT2D eigenvalue weighted by molar-refractivity contribution is 0.417. The fourth-order valence-electron chi connectivity index (χ4n) is 2.80. The number of halogens is 3. The average molecular weight is 417 g/mol. The van der Waals surface area contributed by atoms with Crippen LogP contribution < -0.4 is 15.4 Å². The molecule has 0 unspecified atom stereocenters. The number of rotatable bonds is 8. The van der Waals surface area contributed by atoms with Crippen molar-refractivity contribution in [3.05, 3.63) is 42.5 Å². The first kappa shape index (κ1) is 22.6. The van der Waals surface area contributed by atoms with Crippen LogP contribution in [0.1, 0.15) is 6.42 Å². The fraction of sp³-hybridized carbons (Fsp3) is 0.316. The maximum Gasteiger partial charge on any atom is 0.142 e. The zero-order valence-corrected chi connectivity index (χ0v) is 17.0. The molecule has 0 spiro atoms. The molecule has 1 heterocycles. The summed E-state index contributed by atoms with van der Waals surface area (Å²) in [6, 6.07) is 14.3. The summed E-state index contributed by atoms with van der Waals surface area (Å²) >= 11 is 5.66. The van der Waals surface area contributed by atoms with E-state index >= 15 is 0 Å². The van der Waals surface area contributed by atoms with Gasteiger partial charge in [0.2, 0.25) is 0 Å². The smallest absolute Gasteiger partial charge is 0.142 e. The van der Waals surface area contributed by atoms with Crippen molar-refractivity contribution in [2.24, 2.45) is 0 Å². The minimum Gasteiger partial charge on any atom is -0.495 e. The summed E-state index contributed by atoms with van der Waals surface area (Å²) in [5.41, 5.74) is 2.98. The maximum absolute atomic E-state index is 5.66. The summed E-state index contributed by atoms with van der Waals surface area (Å²) in [5, 5.41) is 9.02. The van der Waals surface area contributed by atoms with E-state index in [2.05, 4.69) is 22.8 Å². The molecule has 0 amide bonds. The molecule has 0 aliphatic heterocycles. The molecule has 3 rings (SSSR count). The molecule has 1 aromatic heterocycles. The quantitative estimate of drug-likeness (QED) is 0.312. The number of para-hydroxylation sites is 1. The number of aromatic nitrogens is 1. The largest absolute Gasteiger partial charge is 0.495 e. The van der Waals surface area contributed by atoms with Crippen LogP contribution in [0, 0.1) is 0 Å². The van der Waals surface area contributed by atoms with Crippen molar-refractivity contribution in [1.29, 1.82) is 0 Å². The molecule has 0 bridgehead atoms. The molecule has 2 aromatic carbocycles. The molecule has 4 nitrogen and oxygen atoms in total. The minimum atomic E-state index is 0. The van der Waals surface area contributed by atoms with E-state index in [4.69, 9.17) is 21.3 Å². The molecule has 0 saturated heterocycles. The van der Waals surface area contributed by atoms with Crippen LogP contribution in [0.5, 0.6) is 5.75 Å². The Balaban J connectivity index is 0.00000169. The molecule has 0 atom stereocenters. The molecule has 2 N–H and O–H groups in total. The van der Waals surface area contributed by atoms with Crippen LogP contribution in [0.3, 0.4) is 0 Å². The Bertz CT molecular complexity index is 830. The number of benzene rings is 2. The monoisotopic (exact) mass is 415 g/mol. The Morgan fingerprint density at radius 2 is 1.81 bits per heavy atom. The van der Waals surface area contributed by atoms with Gasteiger partial charge in [0.15, 0.2) is 0 Å². The number of methoxy groups -OCH3 is 1. The first-order valence-electron chi connectivity index (χ1n) is 8.20. The SMILES string of the molecule is COc1ccc2nc3ccccc3cc2c1NCCCNCCCl.Cl.Cl. The van der Waals surface area contributed by atoms with Crippen LogP contribution in [0.25, 0.3) is 21.8 Å². The number of fused-ring (bicyclic) bond motifs is 2. The van der Waals surface area contributed by atoms with Gasteiger partial charge in [0.1, 0.15) is 5.75 Å². The van der Waals surface area contributed by atoms with E-state index in [1.165, 1.54) is 0 Å². The predicted octanol–water partition coefficient (Wildman–Crippen LogP) is 4.87. The number of anilines is 1. The van der Waals surface area contributed by atoms with Gasteiger partial charge in [-0.25, -0.2) is 4.98 Å². The molecule has 0 radical (unpaired) electrons. The van der Waals surface area contributed by atoms with E-state index in [-0.39, 0.29) is 24.8 Å². The van der Waals surface area contributed by atoms with Gasteiger partial charge >= 0.3 is 0 Å². The van der Waals surface area contributed by atoms with E-state index in [0.717, 1.165) is 59.3 Å². The van der Waals surface area contributed by atoms with Crippen molar-refractivity contribution >= 4 is 63.9 Å². The number of hydrogen-bond acceptors (Lipinski definition) is 4. The maximum atomic E-state index is 5.66. The van der Waals surface area contributed by atoms with Gasteiger partial charge in [-0.05, 0) is 37.2 Å². The third-order valence-electron chi connectivity index (χ3n) is 3.99. The highest BCUT2D eigenvalue weighted by Gasteiger charge is 2.10. The molecular formula is C19H24Cl3N3O. The van der Waals surface area contributed by atoms with Crippen molar-refractivity contribution in [3.63, 3.8) is 0 Å². The summed E-state index contributed by atoms with van der Waals surface area (Å²) in [6.45, 7) is 2.64. The molecule has 0 aliphatic rings. The second-order valence-electron chi connectivity index (χ2n) is 5.61. The topological polar surface area (TPSA) is 46.2 Å². The van der Waals surface area contributed by atoms with Crippen LogP contribution in [0.2, 0.25) is 0 Å². The minimum absolute atomic E-state index is 0. The van der Waals surface area contributed by atoms with Crippen molar-refractivity contribution in [2.45, 2.75) is 6.42 Å². The molecule has 3 aromatic rings. The van der Waals surface area contributed by atoms with Crippen molar-refractivity contribution < 1.29 is 4.74 Å². The van der Waals surface area contributed by atoms with Gasteiger partial charge in [-0.1, -0.05) is 18.2 Å². The van der Waals surface area contributed by atoms with Crippen LogP contribution in [0.4, 0.5) is 5.69 Å². The number of hydrogen-bond donors (Lipinski definition) is 2. The highest BCUT2D eigenvalue weighted by atomic mass is 35.5. The van der Waals surface area contributed by atoms with Gasteiger partial charge in [0, 0.05) is 29.7 Å². The molecule has 26 heavy (non-hydrogen) atoms. The van der Waals surface area contributed by atoms with Gasteiger partial charge in [-0.15, -0.1) is 36.4 Å². The second kappa shape index (κ2) is 11.3. The standard InChI is InChI=1S/C19H22ClN3O.2ClH/c1-24-18-8-7-17-15(13-14-5-2-3-6-16(14)23-17)19(18)22-11-4-10-21-12-9-20;;/h2-3,5-8,13,21-22H,4,9-12H2,1H3;2*1H. The highest BCUT2D eigenvalue weighted by Crippen LogP contribution is 2.34. The van der Waals surface area contributed by atoms with Gasteiger partial charge in [-0.3, -0.25) is 0 Å². The number of ether oxygens (including phenoxy) is 1. The van der Waals surface area contributed by atoms with E-state index in [0.29, 0.717) is 5.88 Å². The van der Waals surface area contributed by atoms with E-state index in [1.807, 2.05) is 30.3 Å². The highest BCUT2D eigenvalue weighted by molar-refractivity contribution is 6.18. The van der Waals surface area contributed by atoms with Crippen LogP contribution in [-0.4, -0.2) is 37.6 Å². The third-order valence-corrected chi connectivity index (χ3v) is 4.17. The lowest BCUT2D eigenvalue weighted by atomic mass is 10.1. The zero-order chi connectivity index (χ0) is 16.8. The summed E-state index contributed by atoms with van der Waals surface area (Å²) in [7, 11) is 1.70. The Kier molecular flexibility index (Phi) is 9.81. The lowest BCUT2D eigenvalue weighted by Crippen LogP contribution is -2.20. The lowest BCUT2D eigenvalue weighted by Gasteiger charge is -2.14. The van der Waals surface area contributed by atoms with Gasteiger partial charge in [-0.2, -0.15) is 0 Å². The Labute approximate surface area is 171 Å². The number of pyridine rings is 1. The van der Waals surface area contributed by atoms with Crippen LogP contribution in [0.15, 0.2) is 42.5 Å². The summed E-state index contributed by atoms with van der Waals surface area (Å²) in [6.07, 6.45) is 1.01. The Hall–Kier alpha value is -1.46. The summed E-state index contributed by atoms with van der Waals surface area (Å²) in [5.74, 6) is 1.48. The first-order chi connectivity index (χ1) is 11.8. The van der Waals surface area contributed by atoms with Crippen LogP contribution >= 0.6 is 36.4 Å². The Morgan fingerprint density at radius 1 is 1.00 bits per heavy atom. The van der Waals surface area contributed by atoms with Gasteiger partial charge in [0.25, 0.3) is 0 Å². The van der Waals surface area contributed by atoms with E-state index in [9.17, 15) is 0 Å². The van der Waals surface area contributed by atoms with Crippen molar-refractivity contribution in [1.82, 2.24) is 10.3 Å². The average Bonchev–Trinajstić information content (AvgIpc) is 2.62. The third kappa shape index (κ3) is 5.27. The first-order valence-corrected chi connectivity index (χ1v) is 8.74. The number of nitrogens with one attached hydrogen (secondary N) is 2. The Morgan fingerprint density at radius 3 is 2.58 bits per heavy atom. The summed E-state index contributed by atoms with van der Waals surface area (Å²) < 4.78 is 5.54. The van der Waals surface area contributed by atoms with E-state index in [1.54, 1.807) is 7.11 Å². The molecule has 0 saturated carbocycles. The predicted molar refractivity (Wildman–Crippen MR) is 117 cm³/mol. The molecular weight excluding hydrogens is 393 g/mol. The van der Waals surface area contributed by atoms with E-state index < -0.39 is 0 Å². The fourth-order valence-corrected chi connectivity index (χ4v) is 2.93. The zero-order valence-electron chi connectivity index (χ0n) is 14.6. The molecule has 0 aliphatic carbocycles. The molecule has 142 valence electrons. The number of nitrogens with zero attached hydrogens (tertiary/aromatic N) is 1. The summed E-state index contributed by atoms with van der Waals surface area (Å²) in [4.78, 5) is 4.76.